The van der Waals surface area contributed by atoms with Crippen molar-refractivity contribution in [2.75, 3.05) is 13.1 Å². The van der Waals surface area contributed by atoms with Crippen molar-refractivity contribution in [1.82, 2.24) is 15.0 Å². The van der Waals surface area contributed by atoms with Gasteiger partial charge in [0.15, 0.2) is 5.82 Å². The molecule has 1 aromatic rings. The van der Waals surface area contributed by atoms with E-state index in [2.05, 4.69) is 17.1 Å². The topological polar surface area (TPSA) is 79.5 Å². The van der Waals surface area contributed by atoms with Gasteiger partial charge in [0.05, 0.1) is 12.5 Å². The zero-order chi connectivity index (χ0) is 13.5. The molecule has 0 aliphatic carbocycles. The molecule has 1 aromatic heterocycles. The van der Waals surface area contributed by atoms with Crippen LogP contribution in [0.4, 0.5) is 0 Å². The Labute approximate surface area is 107 Å². The molecular weight excluding hydrogens is 234 g/mol. The molecule has 1 unspecified atom stereocenters. The molecular formula is C12H21N3O3. The van der Waals surface area contributed by atoms with Gasteiger partial charge in [0.1, 0.15) is 0 Å². The van der Waals surface area contributed by atoms with E-state index in [9.17, 15) is 4.79 Å². The summed E-state index contributed by atoms with van der Waals surface area (Å²) in [5, 5.41) is 12.8. The second-order valence-corrected chi connectivity index (χ2v) is 4.42. The number of aromatic nitrogens is 2. The summed E-state index contributed by atoms with van der Waals surface area (Å²) in [6.07, 6.45) is 1.79. The van der Waals surface area contributed by atoms with Crippen LogP contribution in [0.1, 0.15) is 38.9 Å². The minimum atomic E-state index is -0.786. The first-order valence-corrected chi connectivity index (χ1v) is 6.33. The van der Waals surface area contributed by atoms with Crippen molar-refractivity contribution in [2.45, 2.75) is 40.2 Å². The first-order valence-electron chi connectivity index (χ1n) is 6.33. The number of carboxylic acids is 1. The summed E-state index contributed by atoms with van der Waals surface area (Å²) >= 11 is 0. The third-order valence-electron chi connectivity index (χ3n) is 2.74. The lowest BCUT2D eigenvalue weighted by Crippen LogP contribution is -2.31. The van der Waals surface area contributed by atoms with Crippen LogP contribution in [0, 0.1) is 5.92 Å². The highest BCUT2D eigenvalue weighted by atomic mass is 16.5. The predicted molar refractivity (Wildman–Crippen MR) is 66.0 cm³/mol. The Morgan fingerprint density at radius 1 is 1.50 bits per heavy atom. The van der Waals surface area contributed by atoms with Gasteiger partial charge in [0, 0.05) is 13.0 Å². The molecule has 0 spiro atoms. The van der Waals surface area contributed by atoms with E-state index < -0.39 is 11.9 Å². The summed E-state index contributed by atoms with van der Waals surface area (Å²) in [7, 11) is 0. The van der Waals surface area contributed by atoms with E-state index in [1.165, 1.54) is 0 Å². The Bertz CT molecular complexity index is 378. The molecule has 0 amide bonds. The van der Waals surface area contributed by atoms with Gasteiger partial charge in [-0.2, -0.15) is 4.98 Å². The fourth-order valence-electron chi connectivity index (χ4n) is 1.64. The Kier molecular flexibility index (Phi) is 5.77. The molecule has 1 atom stereocenters. The highest BCUT2D eigenvalue weighted by Gasteiger charge is 2.17. The van der Waals surface area contributed by atoms with Crippen LogP contribution in [-0.2, 0) is 17.8 Å². The number of carbonyl (C=O) groups is 1. The standard InChI is InChI=1S/C12H21N3O3/c1-4-6-10-13-11(18-14-10)8-15(5-2)7-9(3)12(16)17/h9H,4-8H2,1-3H3,(H,16,17). The van der Waals surface area contributed by atoms with E-state index in [0.717, 1.165) is 25.2 Å². The molecule has 0 aliphatic heterocycles. The fraction of sp³-hybridized carbons (Fsp3) is 0.750. The van der Waals surface area contributed by atoms with Crippen LogP contribution in [0.5, 0.6) is 0 Å². The molecule has 1 rings (SSSR count). The number of hydrogen-bond donors (Lipinski definition) is 1. The van der Waals surface area contributed by atoms with E-state index in [1.807, 2.05) is 11.8 Å². The van der Waals surface area contributed by atoms with Gasteiger partial charge in [-0.3, -0.25) is 9.69 Å². The number of nitrogens with zero attached hydrogens (tertiary/aromatic N) is 3. The summed E-state index contributed by atoms with van der Waals surface area (Å²) in [5.74, 6) is 0.0846. The number of rotatable bonds is 8. The average Bonchev–Trinajstić information content (AvgIpc) is 2.76. The second kappa shape index (κ2) is 7.10. The highest BCUT2D eigenvalue weighted by Crippen LogP contribution is 2.07. The highest BCUT2D eigenvalue weighted by molar-refractivity contribution is 5.69. The molecule has 102 valence electrons. The third kappa shape index (κ3) is 4.44. The molecule has 0 radical (unpaired) electrons. The van der Waals surface area contributed by atoms with Crippen molar-refractivity contribution in [3.63, 3.8) is 0 Å². The van der Waals surface area contributed by atoms with Gasteiger partial charge in [-0.25, -0.2) is 0 Å². The summed E-state index contributed by atoms with van der Waals surface area (Å²) < 4.78 is 5.14. The minimum Gasteiger partial charge on any atom is -0.481 e. The quantitative estimate of drug-likeness (QED) is 0.759. The second-order valence-electron chi connectivity index (χ2n) is 4.42. The third-order valence-corrected chi connectivity index (χ3v) is 2.74. The lowest BCUT2D eigenvalue weighted by atomic mass is 10.1. The van der Waals surface area contributed by atoms with E-state index >= 15 is 0 Å². The molecule has 0 saturated carbocycles. The van der Waals surface area contributed by atoms with Crippen LogP contribution in [0.3, 0.4) is 0 Å². The minimum absolute atomic E-state index is 0.400. The lowest BCUT2D eigenvalue weighted by Gasteiger charge is -2.20. The number of carboxylic acid groups (broad SMARTS) is 1. The van der Waals surface area contributed by atoms with Gasteiger partial charge in [-0.15, -0.1) is 0 Å². The molecule has 0 saturated heterocycles. The van der Waals surface area contributed by atoms with E-state index in [1.54, 1.807) is 6.92 Å². The van der Waals surface area contributed by atoms with Gasteiger partial charge >= 0.3 is 5.97 Å². The maximum absolute atomic E-state index is 10.8. The number of aliphatic carboxylic acids is 1. The van der Waals surface area contributed by atoms with Crippen molar-refractivity contribution in [2.24, 2.45) is 5.92 Å². The first kappa shape index (κ1) is 14.6. The number of aryl methyl sites for hydroxylation is 1. The normalized spacial score (nSPS) is 12.9. The molecule has 6 heteroatoms. The van der Waals surface area contributed by atoms with Crippen molar-refractivity contribution >= 4 is 5.97 Å². The van der Waals surface area contributed by atoms with E-state index in [0.29, 0.717) is 19.0 Å². The maximum atomic E-state index is 10.8. The van der Waals surface area contributed by atoms with Crippen LogP contribution in [0.25, 0.3) is 0 Å². The number of hydrogen-bond acceptors (Lipinski definition) is 5. The van der Waals surface area contributed by atoms with Gasteiger partial charge in [-0.05, 0) is 13.0 Å². The maximum Gasteiger partial charge on any atom is 0.307 e. The molecule has 0 fully saturated rings. The van der Waals surface area contributed by atoms with E-state index in [-0.39, 0.29) is 0 Å². The Balaban J connectivity index is 2.53. The molecule has 1 heterocycles. The molecule has 18 heavy (non-hydrogen) atoms. The smallest absolute Gasteiger partial charge is 0.307 e. The molecule has 1 N–H and O–H groups in total. The molecule has 0 bridgehead atoms. The lowest BCUT2D eigenvalue weighted by molar-refractivity contribution is -0.141. The monoisotopic (exact) mass is 255 g/mol. The van der Waals surface area contributed by atoms with Gasteiger partial charge in [0.25, 0.3) is 0 Å². The molecule has 6 nitrogen and oxygen atoms in total. The summed E-state index contributed by atoms with van der Waals surface area (Å²) in [5.41, 5.74) is 0. The Morgan fingerprint density at radius 3 is 2.78 bits per heavy atom. The fourth-order valence-corrected chi connectivity index (χ4v) is 1.64. The van der Waals surface area contributed by atoms with Gasteiger partial charge < -0.3 is 9.63 Å². The van der Waals surface area contributed by atoms with Crippen LogP contribution >= 0.6 is 0 Å². The average molecular weight is 255 g/mol. The van der Waals surface area contributed by atoms with Crippen molar-refractivity contribution in [1.29, 1.82) is 0 Å². The Hall–Kier alpha value is -1.43. The van der Waals surface area contributed by atoms with Crippen molar-refractivity contribution < 1.29 is 14.4 Å². The molecule has 0 aromatic carbocycles. The van der Waals surface area contributed by atoms with Crippen LogP contribution in [0.15, 0.2) is 4.52 Å². The largest absolute Gasteiger partial charge is 0.481 e. The van der Waals surface area contributed by atoms with Crippen LogP contribution in [0.2, 0.25) is 0 Å². The van der Waals surface area contributed by atoms with Gasteiger partial charge in [0.2, 0.25) is 5.89 Å². The van der Waals surface area contributed by atoms with Crippen LogP contribution < -0.4 is 0 Å². The summed E-state index contributed by atoms with van der Waals surface area (Å²) in [6.45, 7) is 7.48. The van der Waals surface area contributed by atoms with Gasteiger partial charge in [-0.1, -0.05) is 25.9 Å². The van der Waals surface area contributed by atoms with Crippen molar-refractivity contribution in [3.8, 4) is 0 Å². The summed E-state index contributed by atoms with van der Waals surface area (Å²) in [6, 6.07) is 0. The Morgan fingerprint density at radius 2 is 2.22 bits per heavy atom. The zero-order valence-electron chi connectivity index (χ0n) is 11.2. The zero-order valence-corrected chi connectivity index (χ0v) is 11.2. The predicted octanol–water partition coefficient (Wildman–Crippen LogP) is 1.56. The van der Waals surface area contributed by atoms with E-state index in [4.69, 9.17) is 9.63 Å². The molecule has 0 aliphatic rings. The summed E-state index contributed by atoms with van der Waals surface area (Å²) in [4.78, 5) is 17.1. The first-order chi connectivity index (χ1) is 8.56. The van der Waals surface area contributed by atoms with Crippen molar-refractivity contribution in [3.05, 3.63) is 11.7 Å². The SMILES string of the molecule is CCCc1noc(CN(CC)CC(C)C(=O)O)n1. The van der Waals surface area contributed by atoms with Crippen LogP contribution in [-0.4, -0.2) is 39.2 Å².